The van der Waals surface area contributed by atoms with Crippen molar-refractivity contribution in [2.75, 3.05) is 6.61 Å². The zero-order valence-corrected chi connectivity index (χ0v) is 16.5. The van der Waals surface area contributed by atoms with Crippen molar-refractivity contribution in [1.29, 1.82) is 0 Å². The van der Waals surface area contributed by atoms with E-state index < -0.39 is 23.8 Å². The van der Waals surface area contributed by atoms with Crippen molar-refractivity contribution in [3.05, 3.63) is 45.9 Å². The predicted molar refractivity (Wildman–Crippen MR) is 100 cm³/mol. The number of aromatic carboxylic acids is 1. The molecule has 1 aliphatic heterocycles. The van der Waals surface area contributed by atoms with E-state index in [9.17, 15) is 23.1 Å². The molecule has 2 heterocycles. The lowest BCUT2D eigenvalue weighted by molar-refractivity contribution is -0.137. The molecule has 2 fully saturated rings. The first-order valence-corrected chi connectivity index (χ1v) is 10.4. The first-order valence-electron chi connectivity index (χ1n) is 9.54. The zero-order chi connectivity index (χ0) is 21.5. The highest BCUT2D eigenvalue weighted by Crippen LogP contribution is 2.46. The Kier molecular flexibility index (Phi) is 5.73. The largest absolute Gasteiger partial charge is 0.493 e. The summed E-state index contributed by atoms with van der Waals surface area (Å²) in [6, 6.07) is 4.69. The number of benzene rings is 1. The van der Waals surface area contributed by atoms with Gasteiger partial charge in [-0.05, 0) is 37.0 Å². The molecular formula is C20H20F3NO5S. The number of carbonyl (C=O) groups is 1. The summed E-state index contributed by atoms with van der Waals surface area (Å²) in [5, 5.41) is 21.6. The van der Waals surface area contributed by atoms with Gasteiger partial charge in [-0.2, -0.15) is 13.2 Å². The Balaban J connectivity index is 1.39. The van der Waals surface area contributed by atoms with E-state index in [1.807, 2.05) is 0 Å². The van der Waals surface area contributed by atoms with Gasteiger partial charge in [-0.25, -0.2) is 9.78 Å². The second kappa shape index (κ2) is 8.16. The average molecular weight is 443 g/mol. The standard InChI is InChI=1S/C20H20F3NO5S/c21-20(22,23)10-2-1-3-11(6-10)28-8-13-12-4-5-16(29-17(12)7-15(13)25)18-24-14(9-30-18)19(26)27/h1-3,6,9,12-13,15-17,25H,4-5,7-8H2,(H,26,27)/t12-,13+,15-,16-,17+/m1/s1. The molecule has 162 valence electrons. The van der Waals surface area contributed by atoms with E-state index in [0.29, 0.717) is 17.8 Å². The summed E-state index contributed by atoms with van der Waals surface area (Å²) in [5.74, 6) is -1.22. The number of fused-ring (bicyclic) bond motifs is 1. The van der Waals surface area contributed by atoms with Gasteiger partial charge in [-0.15, -0.1) is 11.3 Å². The summed E-state index contributed by atoms with van der Waals surface area (Å²) in [7, 11) is 0. The van der Waals surface area contributed by atoms with Gasteiger partial charge in [0.15, 0.2) is 5.69 Å². The summed E-state index contributed by atoms with van der Waals surface area (Å²) < 4.78 is 50.3. The molecule has 2 N–H and O–H groups in total. The number of carboxylic acid groups (broad SMARTS) is 1. The van der Waals surface area contributed by atoms with Gasteiger partial charge < -0.3 is 19.7 Å². The van der Waals surface area contributed by atoms with Crippen LogP contribution in [0.2, 0.25) is 0 Å². The Morgan fingerprint density at radius 3 is 2.83 bits per heavy atom. The normalized spacial score (nSPS) is 28.9. The van der Waals surface area contributed by atoms with E-state index in [-0.39, 0.29) is 42.1 Å². The lowest BCUT2D eigenvalue weighted by Crippen LogP contribution is -2.33. The van der Waals surface area contributed by atoms with Crippen molar-refractivity contribution in [3.8, 4) is 5.75 Å². The van der Waals surface area contributed by atoms with Crippen LogP contribution in [0.15, 0.2) is 29.6 Å². The average Bonchev–Trinajstić information content (AvgIpc) is 3.30. The van der Waals surface area contributed by atoms with E-state index in [0.717, 1.165) is 18.6 Å². The van der Waals surface area contributed by atoms with Crippen LogP contribution in [0.4, 0.5) is 13.2 Å². The second-order valence-electron chi connectivity index (χ2n) is 7.58. The van der Waals surface area contributed by atoms with E-state index in [1.54, 1.807) is 0 Å². The molecule has 30 heavy (non-hydrogen) atoms. The molecule has 2 aliphatic rings. The number of aliphatic hydroxyl groups is 1. The molecule has 4 rings (SSSR count). The number of hydrogen-bond acceptors (Lipinski definition) is 6. The molecule has 2 aromatic rings. The van der Waals surface area contributed by atoms with Crippen molar-refractivity contribution in [3.63, 3.8) is 0 Å². The molecule has 6 nitrogen and oxygen atoms in total. The van der Waals surface area contributed by atoms with Crippen molar-refractivity contribution >= 4 is 17.3 Å². The molecule has 0 unspecified atom stereocenters. The maximum absolute atomic E-state index is 12.9. The Hall–Kier alpha value is -2.17. The van der Waals surface area contributed by atoms with Gasteiger partial charge in [0.1, 0.15) is 16.9 Å². The Morgan fingerprint density at radius 2 is 2.13 bits per heavy atom. The first kappa shape index (κ1) is 21.1. The fourth-order valence-corrected chi connectivity index (χ4v) is 5.09. The maximum Gasteiger partial charge on any atom is 0.416 e. The van der Waals surface area contributed by atoms with Crippen molar-refractivity contribution in [2.24, 2.45) is 11.8 Å². The molecule has 0 radical (unpaired) electrons. The Morgan fingerprint density at radius 1 is 1.33 bits per heavy atom. The molecule has 1 saturated heterocycles. The SMILES string of the molecule is O=C(O)c1csc([C@H]2CC[C@@H]3[C@H](COc4cccc(C(F)(F)F)c4)[C@H](O)C[C@@H]3O2)n1. The van der Waals surface area contributed by atoms with Crippen LogP contribution in [0, 0.1) is 11.8 Å². The monoisotopic (exact) mass is 443 g/mol. The number of nitrogens with zero attached hydrogens (tertiary/aromatic N) is 1. The minimum absolute atomic E-state index is 0.0143. The number of halogens is 3. The van der Waals surface area contributed by atoms with Gasteiger partial charge in [0.05, 0.1) is 24.4 Å². The van der Waals surface area contributed by atoms with E-state index >= 15 is 0 Å². The molecule has 5 atom stereocenters. The van der Waals surface area contributed by atoms with Crippen LogP contribution in [0.1, 0.15) is 46.4 Å². The summed E-state index contributed by atoms with van der Waals surface area (Å²) in [6.45, 7) is 0.0953. The third-order valence-electron chi connectivity index (χ3n) is 5.72. The van der Waals surface area contributed by atoms with Crippen LogP contribution in [0.3, 0.4) is 0 Å². The minimum atomic E-state index is -4.44. The predicted octanol–water partition coefficient (Wildman–Crippen LogP) is 4.16. The van der Waals surface area contributed by atoms with Crippen molar-refractivity contribution in [2.45, 2.75) is 43.8 Å². The topological polar surface area (TPSA) is 88.9 Å². The number of aromatic nitrogens is 1. The van der Waals surface area contributed by atoms with Gasteiger partial charge in [0.25, 0.3) is 0 Å². The number of aliphatic hydroxyl groups excluding tert-OH is 1. The van der Waals surface area contributed by atoms with Gasteiger partial charge in [-0.1, -0.05) is 6.07 Å². The number of carboxylic acids is 1. The number of thiazole rings is 1. The number of rotatable bonds is 5. The Bertz CT molecular complexity index is 918. The number of hydrogen-bond donors (Lipinski definition) is 2. The highest BCUT2D eigenvalue weighted by Gasteiger charge is 2.47. The van der Waals surface area contributed by atoms with Crippen molar-refractivity contribution in [1.82, 2.24) is 4.98 Å². The smallest absolute Gasteiger partial charge is 0.416 e. The van der Waals surface area contributed by atoms with E-state index in [2.05, 4.69) is 4.98 Å². The maximum atomic E-state index is 12.9. The number of alkyl halides is 3. The molecule has 10 heteroatoms. The minimum Gasteiger partial charge on any atom is -0.493 e. The third kappa shape index (κ3) is 4.30. The molecule has 1 aromatic carbocycles. The molecule has 1 saturated carbocycles. The molecule has 0 bridgehead atoms. The highest BCUT2D eigenvalue weighted by molar-refractivity contribution is 7.09. The van der Waals surface area contributed by atoms with Crippen LogP contribution in [-0.2, 0) is 10.9 Å². The van der Waals surface area contributed by atoms with Gasteiger partial charge in [-0.3, -0.25) is 0 Å². The molecule has 0 amide bonds. The number of ether oxygens (including phenoxy) is 2. The van der Waals surface area contributed by atoms with Crippen LogP contribution in [0.25, 0.3) is 0 Å². The zero-order valence-electron chi connectivity index (χ0n) is 15.7. The van der Waals surface area contributed by atoms with Gasteiger partial charge >= 0.3 is 12.1 Å². The molecule has 0 spiro atoms. The molecule has 1 aromatic heterocycles. The molecule has 1 aliphatic carbocycles. The van der Waals surface area contributed by atoms with Gasteiger partial charge in [0, 0.05) is 17.7 Å². The first-order chi connectivity index (χ1) is 14.2. The highest BCUT2D eigenvalue weighted by atomic mass is 32.1. The quantitative estimate of drug-likeness (QED) is 0.722. The second-order valence-corrected chi connectivity index (χ2v) is 8.47. The third-order valence-corrected chi connectivity index (χ3v) is 6.65. The summed E-state index contributed by atoms with van der Waals surface area (Å²) in [5.41, 5.74) is -0.794. The van der Waals surface area contributed by atoms with Crippen molar-refractivity contribution < 1.29 is 37.7 Å². The lowest BCUT2D eigenvalue weighted by Gasteiger charge is -2.33. The van der Waals surface area contributed by atoms with Crippen LogP contribution in [0.5, 0.6) is 5.75 Å². The fraction of sp³-hybridized carbons (Fsp3) is 0.500. The van der Waals surface area contributed by atoms with E-state index in [4.69, 9.17) is 14.6 Å². The summed E-state index contributed by atoms with van der Waals surface area (Å²) in [6.07, 6.45) is -3.93. The fourth-order valence-electron chi connectivity index (χ4n) is 4.23. The van der Waals surface area contributed by atoms with Crippen LogP contribution in [-0.4, -0.2) is 40.0 Å². The van der Waals surface area contributed by atoms with E-state index in [1.165, 1.54) is 28.8 Å². The van der Waals surface area contributed by atoms with Gasteiger partial charge in [0.2, 0.25) is 0 Å². The summed E-state index contributed by atoms with van der Waals surface area (Å²) >= 11 is 1.23. The van der Waals surface area contributed by atoms with Crippen LogP contribution >= 0.6 is 11.3 Å². The summed E-state index contributed by atoms with van der Waals surface area (Å²) in [4.78, 5) is 15.1. The lowest BCUT2D eigenvalue weighted by atomic mass is 9.87. The van der Waals surface area contributed by atoms with Crippen LogP contribution < -0.4 is 4.74 Å². The molecular weight excluding hydrogens is 423 g/mol. The Labute approximate surface area is 174 Å².